The third-order valence-electron chi connectivity index (χ3n) is 4.63. The monoisotopic (exact) mass is 388 g/mol. The molecule has 0 radical (unpaired) electrons. The van der Waals surface area contributed by atoms with Crippen molar-refractivity contribution in [1.29, 1.82) is 0 Å². The van der Waals surface area contributed by atoms with Crippen molar-refractivity contribution in [3.8, 4) is 11.3 Å². The number of aromatic nitrogens is 2. The molecule has 1 aliphatic heterocycles. The zero-order chi connectivity index (χ0) is 19.5. The van der Waals surface area contributed by atoms with Crippen molar-refractivity contribution in [1.82, 2.24) is 20.4 Å². The molecule has 0 unspecified atom stereocenters. The van der Waals surface area contributed by atoms with Crippen LogP contribution >= 0.6 is 12.2 Å². The van der Waals surface area contributed by atoms with Crippen LogP contribution in [-0.2, 0) is 17.8 Å². The average Bonchev–Trinajstić information content (AvgIpc) is 3.25. The second-order valence-electron chi connectivity index (χ2n) is 6.63. The van der Waals surface area contributed by atoms with E-state index >= 15 is 0 Å². The molecule has 2 N–H and O–H groups in total. The van der Waals surface area contributed by atoms with Gasteiger partial charge in [0.2, 0.25) is 0 Å². The fourth-order valence-corrected chi connectivity index (χ4v) is 3.36. The summed E-state index contributed by atoms with van der Waals surface area (Å²) in [7, 11) is 0. The Balaban J connectivity index is 1.74. The molecule has 0 aliphatic carbocycles. The Labute approximate surface area is 169 Å². The lowest BCUT2D eigenvalue weighted by Crippen LogP contribution is -2.21. The van der Waals surface area contributed by atoms with Crippen molar-refractivity contribution >= 4 is 29.3 Å². The lowest BCUT2D eigenvalue weighted by molar-refractivity contribution is -0.115. The molecule has 1 aromatic heterocycles. The molecule has 28 heavy (non-hydrogen) atoms. The van der Waals surface area contributed by atoms with Crippen LogP contribution in [0.1, 0.15) is 23.6 Å². The molecule has 0 spiro atoms. The molecule has 6 heteroatoms. The summed E-state index contributed by atoms with van der Waals surface area (Å²) < 4.78 is 1.90. The number of aryl methyl sites for hydroxylation is 1. The van der Waals surface area contributed by atoms with Gasteiger partial charge in [0, 0.05) is 17.3 Å². The van der Waals surface area contributed by atoms with Gasteiger partial charge in [-0.2, -0.15) is 5.10 Å². The Morgan fingerprint density at radius 2 is 1.79 bits per heavy atom. The van der Waals surface area contributed by atoms with Crippen LogP contribution < -0.4 is 10.6 Å². The predicted molar refractivity (Wildman–Crippen MR) is 114 cm³/mol. The Morgan fingerprint density at radius 3 is 2.43 bits per heavy atom. The SMILES string of the molecule is CCc1ccc(-c2nn(Cc3ccccc3)cc2/C=C2\NC(=S)NC2=O)cc1. The van der Waals surface area contributed by atoms with Crippen LogP contribution in [0.25, 0.3) is 17.3 Å². The van der Waals surface area contributed by atoms with Gasteiger partial charge in [0.05, 0.1) is 12.2 Å². The summed E-state index contributed by atoms with van der Waals surface area (Å²) >= 11 is 5.03. The molecule has 1 fully saturated rings. The van der Waals surface area contributed by atoms with Gasteiger partial charge >= 0.3 is 0 Å². The highest BCUT2D eigenvalue weighted by molar-refractivity contribution is 7.80. The van der Waals surface area contributed by atoms with Crippen molar-refractivity contribution in [3.05, 3.63) is 83.2 Å². The maximum atomic E-state index is 12.1. The minimum atomic E-state index is -0.229. The number of nitrogens with zero attached hydrogens (tertiary/aromatic N) is 2. The first-order chi connectivity index (χ1) is 13.6. The van der Waals surface area contributed by atoms with Crippen LogP contribution in [0.3, 0.4) is 0 Å². The van der Waals surface area contributed by atoms with E-state index in [9.17, 15) is 4.79 Å². The van der Waals surface area contributed by atoms with Gasteiger partial charge in [0.15, 0.2) is 5.11 Å². The van der Waals surface area contributed by atoms with Crippen molar-refractivity contribution in [2.75, 3.05) is 0 Å². The molecule has 4 rings (SSSR count). The predicted octanol–water partition coefficient (Wildman–Crippen LogP) is 3.51. The smallest absolute Gasteiger partial charge is 0.273 e. The van der Waals surface area contributed by atoms with Crippen molar-refractivity contribution in [2.24, 2.45) is 0 Å². The Bertz CT molecular complexity index is 1050. The summed E-state index contributed by atoms with van der Waals surface area (Å²) in [5, 5.41) is 10.6. The zero-order valence-electron chi connectivity index (χ0n) is 15.5. The molecule has 0 bridgehead atoms. The lowest BCUT2D eigenvalue weighted by atomic mass is 10.0. The van der Waals surface area contributed by atoms with Gasteiger partial charge < -0.3 is 5.32 Å². The van der Waals surface area contributed by atoms with Gasteiger partial charge in [-0.05, 0) is 35.8 Å². The topological polar surface area (TPSA) is 59.0 Å². The number of rotatable bonds is 5. The second-order valence-corrected chi connectivity index (χ2v) is 7.04. The summed E-state index contributed by atoms with van der Waals surface area (Å²) in [6, 6.07) is 18.5. The van der Waals surface area contributed by atoms with E-state index in [-0.39, 0.29) is 5.91 Å². The third kappa shape index (κ3) is 3.87. The molecule has 5 nitrogen and oxygen atoms in total. The molecule has 1 aliphatic rings. The largest absolute Gasteiger partial charge is 0.328 e. The summed E-state index contributed by atoms with van der Waals surface area (Å²) in [4.78, 5) is 12.1. The molecule has 2 heterocycles. The molecule has 2 aromatic carbocycles. The van der Waals surface area contributed by atoms with Gasteiger partial charge in [-0.15, -0.1) is 0 Å². The highest BCUT2D eigenvalue weighted by atomic mass is 32.1. The van der Waals surface area contributed by atoms with E-state index < -0.39 is 0 Å². The van der Waals surface area contributed by atoms with Gasteiger partial charge in [-0.3, -0.25) is 14.8 Å². The standard InChI is InChI=1S/C22H20N4OS/c1-2-15-8-10-17(11-9-15)20-18(12-19-21(27)24-22(28)23-19)14-26(25-20)13-16-6-4-3-5-7-16/h3-12,14H,2,13H2,1H3,(H2,23,24,27,28)/b19-12-. The number of hydrogen-bond acceptors (Lipinski definition) is 3. The summed E-state index contributed by atoms with van der Waals surface area (Å²) in [6.07, 6.45) is 4.74. The molecule has 0 saturated carbocycles. The van der Waals surface area contributed by atoms with Crippen LogP contribution in [-0.4, -0.2) is 20.8 Å². The number of benzene rings is 2. The van der Waals surface area contributed by atoms with Crippen molar-refractivity contribution < 1.29 is 4.79 Å². The van der Waals surface area contributed by atoms with E-state index in [4.69, 9.17) is 17.3 Å². The number of carbonyl (C=O) groups is 1. The maximum absolute atomic E-state index is 12.1. The Kier molecular flexibility index (Phi) is 5.04. The van der Waals surface area contributed by atoms with Crippen LogP contribution in [0.2, 0.25) is 0 Å². The number of amides is 1. The summed E-state index contributed by atoms with van der Waals surface area (Å²) in [5.41, 5.74) is 5.57. The molecule has 0 atom stereocenters. The van der Waals surface area contributed by atoms with E-state index in [1.807, 2.05) is 29.1 Å². The van der Waals surface area contributed by atoms with Crippen LogP contribution in [0.4, 0.5) is 0 Å². The fraction of sp³-hybridized carbons (Fsp3) is 0.136. The third-order valence-corrected chi connectivity index (χ3v) is 4.84. The molecule has 3 aromatic rings. The molecule has 1 amide bonds. The number of carbonyl (C=O) groups excluding carboxylic acids is 1. The van der Waals surface area contributed by atoms with E-state index in [0.29, 0.717) is 17.4 Å². The number of hydrogen-bond donors (Lipinski definition) is 2. The van der Waals surface area contributed by atoms with Crippen LogP contribution in [0.15, 0.2) is 66.5 Å². The first-order valence-corrected chi connectivity index (χ1v) is 9.58. The zero-order valence-corrected chi connectivity index (χ0v) is 16.3. The molecular formula is C22H20N4OS. The lowest BCUT2D eigenvalue weighted by Gasteiger charge is -2.03. The minimum Gasteiger partial charge on any atom is -0.328 e. The Morgan fingerprint density at radius 1 is 1.04 bits per heavy atom. The highest BCUT2D eigenvalue weighted by Crippen LogP contribution is 2.25. The Hall–Kier alpha value is -3.25. The first kappa shape index (κ1) is 18.1. The summed E-state index contributed by atoms with van der Waals surface area (Å²) in [5.74, 6) is -0.229. The van der Waals surface area contributed by atoms with Crippen molar-refractivity contribution in [2.45, 2.75) is 19.9 Å². The van der Waals surface area contributed by atoms with Crippen LogP contribution in [0.5, 0.6) is 0 Å². The second kappa shape index (κ2) is 7.78. The van der Waals surface area contributed by atoms with E-state index in [0.717, 1.165) is 28.8 Å². The number of nitrogens with one attached hydrogen (secondary N) is 2. The minimum absolute atomic E-state index is 0.229. The summed E-state index contributed by atoms with van der Waals surface area (Å²) in [6.45, 7) is 2.79. The number of thiocarbonyl (C=S) groups is 1. The average molecular weight is 388 g/mol. The van der Waals surface area contributed by atoms with E-state index in [2.05, 4.69) is 54.0 Å². The van der Waals surface area contributed by atoms with Crippen molar-refractivity contribution in [3.63, 3.8) is 0 Å². The maximum Gasteiger partial charge on any atom is 0.273 e. The van der Waals surface area contributed by atoms with Gasteiger partial charge in [0.1, 0.15) is 5.70 Å². The molecule has 1 saturated heterocycles. The van der Waals surface area contributed by atoms with E-state index in [1.54, 1.807) is 6.08 Å². The van der Waals surface area contributed by atoms with Gasteiger partial charge in [0.25, 0.3) is 5.91 Å². The van der Waals surface area contributed by atoms with Gasteiger partial charge in [-0.25, -0.2) is 0 Å². The highest BCUT2D eigenvalue weighted by Gasteiger charge is 2.21. The van der Waals surface area contributed by atoms with Crippen LogP contribution in [0, 0.1) is 0 Å². The normalized spacial score (nSPS) is 15.0. The fourth-order valence-electron chi connectivity index (χ4n) is 3.15. The van der Waals surface area contributed by atoms with Gasteiger partial charge in [-0.1, -0.05) is 61.5 Å². The quantitative estimate of drug-likeness (QED) is 0.519. The molecule has 140 valence electrons. The molecular weight excluding hydrogens is 368 g/mol. The van der Waals surface area contributed by atoms with E-state index in [1.165, 1.54) is 5.56 Å². The first-order valence-electron chi connectivity index (χ1n) is 9.17.